The van der Waals surface area contributed by atoms with E-state index in [1.54, 1.807) is 6.07 Å². The molecular weight excluding hydrogens is 360 g/mol. The first-order chi connectivity index (χ1) is 12.4. The Kier molecular flexibility index (Phi) is 4.60. The number of nitrogens with one attached hydrogen (secondary N) is 2. The Balaban J connectivity index is 2.05. The number of aryl methyl sites for hydroxylation is 1. The van der Waals surface area contributed by atoms with Gasteiger partial charge in [0.2, 0.25) is 0 Å². The predicted octanol–water partition coefficient (Wildman–Crippen LogP) is 1.40. The fraction of sp³-hybridized carbons (Fsp3) is 0.250. The van der Waals surface area contributed by atoms with Gasteiger partial charge in [-0.05, 0) is 6.07 Å². The summed E-state index contributed by atoms with van der Waals surface area (Å²) >= 11 is 0. The van der Waals surface area contributed by atoms with Gasteiger partial charge in [0, 0.05) is 30.8 Å². The van der Waals surface area contributed by atoms with E-state index in [-0.39, 0.29) is 16.1 Å². The highest BCUT2D eigenvalue weighted by Crippen LogP contribution is 2.27. The van der Waals surface area contributed by atoms with E-state index >= 15 is 0 Å². The van der Waals surface area contributed by atoms with Gasteiger partial charge in [-0.15, -0.1) is 0 Å². The molecule has 0 amide bonds. The van der Waals surface area contributed by atoms with Gasteiger partial charge in [-0.25, -0.2) is 13.5 Å². The molecule has 1 aromatic carbocycles. The minimum absolute atomic E-state index is 0.0486. The molecule has 9 nitrogen and oxygen atoms in total. The van der Waals surface area contributed by atoms with Gasteiger partial charge in [-0.2, -0.15) is 5.10 Å². The van der Waals surface area contributed by atoms with Crippen LogP contribution in [0.1, 0.15) is 12.7 Å². The van der Waals surface area contributed by atoms with Crippen molar-refractivity contribution in [2.24, 2.45) is 0 Å². The lowest BCUT2D eigenvalue weighted by Gasteiger charge is -2.10. The van der Waals surface area contributed by atoms with Crippen molar-refractivity contribution in [3.8, 4) is 11.5 Å². The maximum atomic E-state index is 12.7. The smallest absolute Gasteiger partial charge is 0.288 e. The number of aromatic amines is 1. The zero-order valence-corrected chi connectivity index (χ0v) is 15.3. The standard InChI is InChI=1S/C16H18N4O5S/c1-4-15-17-18-16(21)14-8-13(9-20(14)15)26(22,23)19-10-5-11(24-2)7-12(6-10)25-3/h5-9,19H,4H2,1-3H3,(H,18,21). The van der Waals surface area contributed by atoms with Gasteiger partial charge in [0.25, 0.3) is 15.6 Å². The summed E-state index contributed by atoms with van der Waals surface area (Å²) in [6.07, 6.45) is 1.90. The molecule has 0 unspecified atom stereocenters. The van der Waals surface area contributed by atoms with Crippen LogP contribution in [-0.4, -0.2) is 37.2 Å². The molecule has 0 aliphatic rings. The quantitative estimate of drug-likeness (QED) is 0.670. The van der Waals surface area contributed by atoms with Crippen LogP contribution in [-0.2, 0) is 16.4 Å². The van der Waals surface area contributed by atoms with Crippen LogP contribution < -0.4 is 19.8 Å². The average Bonchev–Trinajstić information content (AvgIpc) is 3.08. The molecular formula is C16H18N4O5S. The van der Waals surface area contributed by atoms with E-state index in [0.29, 0.717) is 23.7 Å². The lowest BCUT2D eigenvalue weighted by atomic mass is 10.3. The largest absolute Gasteiger partial charge is 0.497 e. The Hall–Kier alpha value is -3.01. The Bertz CT molecular complexity index is 1100. The molecule has 0 radical (unpaired) electrons. The molecule has 0 fully saturated rings. The molecule has 0 saturated heterocycles. The number of nitrogens with zero attached hydrogens (tertiary/aromatic N) is 2. The van der Waals surface area contributed by atoms with Crippen LogP contribution in [0.15, 0.2) is 40.2 Å². The van der Waals surface area contributed by atoms with Crippen LogP contribution in [0.4, 0.5) is 5.69 Å². The summed E-state index contributed by atoms with van der Waals surface area (Å²) in [6, 6.07) is 5.99. The third-order valence-corrected chi connectivity index (χ3v) is 5.17. The third kappa shape index (κ3) is 3.23. The molecule has 0 spiro atoms. The lowest BCUT2D eigenvalue weighted by Crippen LogP contribution is -2.14. The highest BCUT2D eigenvalue weighted by molar-refractivity contribution is 7.92. The second-order valence-corrected chi connectivity index (χ2v) is 7.14. The van der Waals surface area contributed by atoms with Crippen molar-refractivity contribution in [3.63, 3.8) is 0 Å². The first-order valence-corrected chi connectivity index (χ1v) is 9.21. The number of sulfonamides is 1. The van der Waals surface area contributed by atoms with Crippen LogP contribution in [0, 0.1) is 0 Å². The summed E-state index contributed by atoms with van der Waals surface area (Å²) in [4.78, 5) is 11.9. The molecule has 2 heterocycles. The maximum absolute atomic E-state index is 12.7. The van der Waals surface area contributed by atoms with Crippen molar-refractivity contribution < 1.29 is 17.9 Å². The first-order valence-electron chi connectivity index (χ1n) is 7.73. The minimum atomic E-state index is -3.93. The Morgan fingerprint density at radius 3 is 2.38 bits per heavy atom. The van der Waals surface area contributed by atoms with Gasteiger partial charge in [-0.3, -0.25) is 13.9 Å². The number of aromatic nitrogens is 3. The Morgan fingerprint density at radius 1 is 1.15 bits per heavy atom. The number of anilines is 1. The van der Waals surface area contributed by atoms with Crippen molar-refractivity contribution in [1.29, 1.82) is 0 Å². The first kappa shape index (κ1) is 17.8. The molecule has 0 aliphatic carbocycles. The van der Waals surface area contributed by atoms with Gasteiger partial charge in [0.15, 0.2) is 0 Å². The molecule has 0 atom stereocenters. The van der Waals surface area contributed by atoms with E-state index in [4.69, 9.17) is 9.47 Å². The maximum Gasteiger partial charge on any atom is 0.288 e. The lowest BCUT2D eigenvalue weighted by molar-refractivity contribution is 0.395. The van der Waals surface area contributed by atoms with Gasteiger partial charge < -0.3 is 9.47 Å². The van der Waals surface area contributed by atoms with Crippen LogP contribution in [0.3, 0.4) is 0 Å². The number of H-pyrrole nitrogens is 1. The predicted molar refractivity (Wildman–Crippen MR) is 95.5 cm³/mol. The number of ether oxygens (including phenoxy) is 2. The number of methoxy groups -OCH3 is 2. The molecule has 2 N–H and O–H groups in total. The number of hydrogen-bond donors (Lipinski definition) is 2. The highest BCUT2D eigenvalue weighted by atomic mass is 32.2. The molecule has 138 valence electrons. The van der Waals surface area contributed by atoms with Crippen LogP contribution in [0.2, 0.25) is 0 Å². The number of rotatable bonds is 6. The van der Waals surface area contributed by atoms with Crippen LogP contribution in [0.25, 0.3) is 5.52 Å². The van der Waals surface area contributed by atoms with E-state index in [0.717, 1.165) is 0 Å². The molecule has 2 aromatic heterocycles. The van der Waals surface area contributed by atoms with Crippen LogP contribution in [0.5, 0.6) is 11.5 Å². The number of benzene rings is 1. The summed E-state index contributed by atoms with van der Waals surface area (Å²) in [5, 5.41) is 6.29. The number of hydrogen-bond acceptors (Lipinski definition) is 6. The fourth-order valence-electron chi connectivity index (χ4n) is 2.53. The van der Waals surface area contributed by atoms with Gasteiger partial charge >= 0.3 is 0 Å². The topological polar surface area (TPSA) is 115 Å². The zero-order chi connectivity index (χ0) is 18.9. The summed E-state index contributed by atoms with van der Waals surface area (Å²) in [6.45, 7) is 1.86. The second-order valence-electron chi connectivity index (χ2n) is 5.46. The third-order valence-electron chi connectivity index (χ3n) is 3.82. The SMILES string of the molecule is CCc1n[nH]c(=O)c2cc(S(=O)(=O)Nc3cc(OC)cc(OC)c3)cn12. The van der Waals surface area contributed by atoms with Crippen molar-refractivity contribution >= 4 is 21.2 Å². The highest BCUT2D eigenvalue weighted by Gasteiger charge is 2.19. The Morgan fingerprint density at radius 2 is 1.81 bits per heavy atom. The molecule has 3 aromatic rings. The Labute approximate surface area is 149 Å². The van der Waals surface area contributed by atoms with Crippen molar-refractivity contribution in [2.45, 2.75) is 18.2 Å². The summed E-state index contributed by atoms with van der Waals surface area (Å²) in [5.41, 5.74) is 0.0198. The zero-order valence-electron chi connectivity index (χ0n) is 14.4. The molecule has 0 bridgehead atoms. The molecule has 0 saturated carbocycles. The average molecular weight is 378 g/mol. The van der Waals surface area contributed by atoms with E-state index in [1.165, 1.54) is 43.0 Å². The van der Waals surface area contributed by atoms with Gasteiger partial charge in [0.05, 0.1) is 19.9 Å². The van der Waals surface area contributed by atoms with E-state index in [9.17, 15) is 13.2 Å². The van der Waals surface area contributed by atoms with E-state index < -0.39 is 15.6 Å². The molecule has 10 heteroatoms. The summed E-state index contributed by atoms with van der Waals surface area (Å²) < 4.78 is 39.7. The molecule has 26 heavy (non-hydrogen) atoms. The van der Waals surface area contributed by atoms with Crippen molar-refractivity contribution in [1.82, 2.24) is 14.6 Å². The second kappa shape index (κ2) is 6.71. The molecule has 3 rings (SSSR count). The normalized spacial score (nSPS) is 11.5. The number of fused-ring (bicyclic) bond motifs is 1. The van der Waals surface area contributed by atoms with Crippen LogP contribution >= 0.6 is 0 Å². The summed E-state index contributed by atoms with van der Waals surface area (Å²) in [5.74, 6) is 1.43. The van der Waals surface area contributed by atoms with Crippen molar-refractivity contribution in [2.75, 3.05) is 18.9 Å². The van der Waals surface area contributed by atoms with Gasteiger partial charge in [0.1, 0.15) is 27.7 Å². The van der Waals surface area contributed by atoms with E-state index in [2.05, 4.69) is 14.9 Å². The fourth-order valence-corrected chi connectivity index (χ4v) is 3.59. The summed E-state index contributed by atoms with van der Waals surface area (Å²) in [7, 11) is -0.987. The van der Waals surface area contributed by atoms with Crippen molar-refractivity contribution in [3.05, 3.63) is 46.6 Å². The van der Waals surface area contributed by atoms with E-state index in [1.807, 2.05) is 6.92 Å². The van der Waals surface area contributed by atoms with Gasteiger partial charge in [-0.1, -0.05) is 6.92 Å². The molecule has 0 aliphatic heterocycles. The minimum Gasteiger partial charge on any atom is -0.497 e. The monoisotopic (exact) mass is 378 g/mol.